The van der Waals surface area contributed by atoms with E-state index in [1.165, 1.54) is 5.57 Å². The van der Waals surface area contributed by atoms with E-state index in [-0.39, 0.29) is 81.5 Å². The zero-order valence-corrected chi connectivity index (χ0v) is 44.8. The molecular formula is C60H88N2O8. The summed E-state index contributed by atoms with van der Waals surface area (Å²) in [6.45, 7) is 30.7. The van der Waals surface area contributed by atoms with Crippen LogP contribution in [0.25, 0.3) is 0 Å². The Kier molecular flexibility index (Phi) is 12.4. The molecule has 7 aliphatic carbocycles. The van der Waals surface area contributed by atoms with E-state index in [0.29, 0.717) is 63.1 Å². The number of carbonyl (C=O) groups excluding carboxylic acids is 3. The summed E-state index contributed by atoms with van der Waals surface area (Å²) in [6.07, 6.45) is 12.0. The Balaban J connectivity index is 0.936. The fourth-order valence-corrected chi connectivity index (χ4v) is 20.1. The van der Waals surface area contributed by atoms with E-state index in [1.807, 2.05) is 56.0 Å². The minimum atomic E-state index is -1.18. The van der Waals surface area contributed by atoms with Crippen LogP contribution in [-0.2, 0) is 35.1 Å². The maximum atomic E-state index is 15.3. The second kappa shape index (κ2) is 16.9. The van der Waals surface area contributed by atoms with Gasteiger partial charge in [-0.15, -0.1) is 0 Å². The molecule has 3 N–H and O–H groups in total. The van der Waals surface area contributed by atoms with Crippen LogP contribution in [0.5, 0.6) is 0 Å². The average Bonchev–Trinajstić information content (AvgIpc) is 3.71. The highest BCUT2D eigenvalue weighted by molar-refractivity contribution is 5.88. The van der Waals surface area contributed by atoms with Gasteiger partial charge in [0.25, 0.3) is 0 Å². The number of hydrogen-bond acceptors (Lipinski definition) is 6. The molecule has 0 spiro atoms. The van der Waals surface area contributed by atoms with Gasteiger partial charge < -0.3 is 25.2 Å². The summed E-state index contributed by atoms with van der Waals surface area (Å²) in [5.41, 5.74) is -2.41. The SMILES string of the molecule is C=C(C)[C@@H]1CC[C@]2(C(=O)N[C@H]3C[C@@H](C(=O)N4CCC(C(=O)OCC)CC4)C3(C)C)CC[C@]3(C)[C@H](CC[C@@H]4[C@]5(C)CC[C@H]([C@@]6(C(=O)O)C[C@@](Cc7ccccc7)(C(=O)O)C6(C)C)C(C)(C)[C@H]5CC[C@]43C)[C@@H]12. The van der Waals surface area contributed by atoms with Crippen molar-refractivity contribution in [2.75, 3.05) is 19.7 Å². The van der Waals surface area contributed by atoms with Crippen LogP contribution in [0.15, 0.2) is 42.5 Å². The Hall–Kier alpha value is -3.69. The van der Waals surface area contributed by atoms with Gasteiger partial charge in [-0.3, -0.25) is 24.0 Å². The molecule has 7 saturated carbocycles. The van der Waals surface area contributed by atoms with Crippen LogP contribution in [-0.4, -0.2) is 70.6 Å². The van der Waals surface area contributed by atoms with Gasteiger partial charge in [0.2, 0.25) is 11.8 Å². The first kappa shape index (κ1) is 51.2. The Morgan fingerprint density at radius 1 is 0.743 bits per heavy atom. The van der Waals surface area contributed by atoms with Crippen molar-refractivity contribution in [3.8, 4) is 0 Å². The van der Waals surface area contributed by atoms with Gasteiger partial charge in [-0.05, 0) is 184 Å². The van der Waals surface area contributed by atoms with Crippen LogP contribution < -0.4 is 5.32 Å². The molecular weight excluding hydrogens is 877 g/mol. The van der Waals surface area contributed by atoms with Gasteiger partial charge in [0, 0.05) is 25.0 Å². The number of allylic oxidation sites excluding steroid dienone is 1. The fourth-order valence-electron chi connectivity index (χ4n) is 20.1. The molecule has 9 rings (SSSR count). The predicted octanol–water partition coefficient (Wildman–Crippen LogP) is 11.4. The number of likely N-dealkylation sites (tertiary alicyclic amines) is 1. The molecule has 386 valence electrons. The third-order valence-electron chi connectivity index (χ3n) is 24.5. The van der Waals surface area contributed by atoms with E-state index < -0.39 is 39.0 Å². The van der Waals surface area contributed by atoms with Crippen LogP contribution >= 0.6 is 0 Å². The number of carboxylic acid groups (broad SMARTS) is 2. The number of hydrogen-bond donors (Lipinski definition) is 3. The van der Waals surface area contributed by atoms with Gasteiger partial charge in [-0.25, -0.2) is 0 Å². The summed E-state index contributed by atoms with van der Waals surface area (Å²) in [4.78, 5) is 71.1. The number of benzene rings is 1. The number of carbonyl (C=O) groups is 5. The molecule has 1 aliphatic heterocycles. The molecule has 0 radical (unpaired) electrons. The first-order valence-corrected chi connectivity index (χ1v) is 27.6. The highest BCUT2D eigenvalue weighted by Crippen LogP contribution is 2.81. The van der Waals surface area contributed by atoms with E-state index in [9.17, 15) is 29.4 Å². The summed E-state index contributed by atoms with van der Waals surface area (Å²) in [5.74, 6) is -0.491. The van der Waals surface area contributed by atoms with E-state index in [4.69, 9.17) is 4.74 Å². The van der Waals surface area contributed by atoms with Gasteiger partial charge in [-0.1, -0.05) is 105 Å². The minimum absolute atomic E-state index is 0.00212. The van der Waals surface area contributed by atoms with E-state index >= 15 is 4.79 Å². The maximum Gasteiger partial charge on any atom is 0.310 e. The second-order valence-electron chi connectivity index (χ2n) is 27.4. The lowest BCUT2D eigenvalue weighted by Crippen LogP contribution is -2.75. The Morgan fingerprint density at radius 3 is 1.99 bits per heavy atom. The Bertz CT molecular complexity index is 2300. The predicted molar refractivity (Wildman–Crippen MR) is 271 cm³/mol. The van der Waals surface area contributed by atoms with Crippen LogP contribution in [0, 0.1) is 96.1 Å². The molecule has 14 atom stereocenters. The average molecular weight is 965 g/mol. The van der Waals surface area contributed by atoms with Crippen molar-refractivity contribution in [2.45, 2.75) is 179 Å². The molecule has 70 heavy (non-hydrogen) atoms. The highest BCUT2D eigenvalue weighted by atomic mass is 16.5. The Morgan fingerprint density at radius 2 is 1.40 bits per heavy atom. The Labute approximate surface area is 419 Å². The molecule has 8 aliphatic rings. The van der Waals surface area contributed by atoms with E-state index in [1.54, 1.807) is 0 Å². The number of ether oxygens (including phenoxy) is 1. The molecule has 10 nitrogen and oxygen atoms in total. The van der Waals surface area contributed by atoms with Gasteiger partial charge >= 0.3 is 17.9 Å². The number of nitrogens with one attached hydrogen (secondary N) is 1. The van der Waals surface area contributed by atoms with Crippen molar-refractivity contribution in [1.82, 2.24) is 10.2 Å². The van der Waals surface area contributed by atoms with Gasteiger partial charge in [0.1, 0.15) is 0 Å². The number of nitrogens with zero attached hydrogens (tertiary/aromatic N) is 1. The maximum absolute atomic E-state index is 15.3. The number of amides is 2. The minimum Gasteiger partial charge on any atom is -0.481 e. The van der Waals surface area contributed by atoms with Crippen molar-refractivity contribution >= 4 is 29.7 Å². The van der Waals surface area contributed by atoms with Crippen LogP contribution in [0.1, 0.15) is 172 Å². The van der Waals surface area contributed by atoms with Gasteiger partial charge in [0.05, 0.1) is 28.8 Å². The lowest BCUT2D eigenvalue weighted by molar-refractivity contribution is -0.285. The molecule has 1 aromatic carbocycles. The summed E-state index contributed by atoms with van der Waals surface area (Å²) in [7, 11) is 0. The molecule has 0 unspecified atom stereocenters. The summed E-state index contributed by atoms with van der Waals surface area (Å²) < 4.78 is 5.27. The molecule has 0 bridgehead atoms. The molecule has 1 heterocycles. The summed E-state index contributed by atoms with van der Waals surface area (Å²) in [6, 6.07) is 9.65. The first-order chi connectivity index (χ1) is 32.7. The lowest BCUT2D eigenvalue weighted by atomic mass is 9.27. The quantitative estimate of drug-likeness (QED) is 0.147. The summed E-state index contributed by atoms with van der Waals surface area (Å²) in [5, 5.41) is 26.1. The van der Waals surface area contributed by atoms with Crippen LogP contribution in [0.3, 0.4) is 0 Å². The van der Waals surface area contributed by atoms with E-state index in [0.717, 1.165) is 69.8 Å². The van der Waals surface area contributed by atoms with Crippen molar-refractivity contribution in [1.29, 1.82) is 0 Å². The smallest absolute Gasteiger partial charge is 0.310 e. The number of aliphatic carboxylic acids is 2. The zero-order chi connectivity index (χ0) is 51.0. The molecule has 8 fully saturated rings. The van der Waals surface area contributed by atoms with Crippen molar-refractivity contribution < 1.29 is 38.9 Å². The topological polar surface area (TPSA) is 150 Å². The standard InChI is InChI=1S/C60H88N2O8/c1-13-70-48(64)38-24-31-62(32-25-38)47(63)41-33-45(52(41,4)5)61-49(65)58-28-21-39(36(2)3)46(58)40-19-20-44-55(10)26-22-43(53(6,7)42(55)23-27-57(44,12)56(40,11)29-30-58)60(51(68)69)35-59(50(66)67,54(60,8)9)34-37-17-15-14-16-18-37/h14-18,38-46H,2,13,19-35H2,1,3-12H3,(H,61,65)(H,66,67)(H,68,69)/t39-,40+,41-,42+,43-,44+,45-,46+,55+,56+,57+,58-,59-,60+/m0/s1. The molecule has 1 saturated heterocycles. The van der Waals surface area contributed by atoms with Crippen molar-refractivity contribution in [3.05, 3.63) is 48.0 Å². The van der Waals surface area contributed by atoms with Crippen molar-refractivity contribution in [2.24, 2.45) is 96.1 Å². The first-order valence-electron chi connectivity index (χ1n) is 27.6. The van der Waals surface area contributed by atoms with Crippen molar-refractivity contribution in [3.63, 3.8) is 0 Å². The molecule has 1 aromatic rings. The number of fused-ring (bicyclic) bond motifs is 7. The third kappa shape index (κ3) is 6.76. The molecule has 0 aromatic heterocycles. The van der Waals surface area contributed by atoms with Crippen LogP contribution in [0.2, 0.25) is 0 Å². The van der Waals surface area contributed by atoms with Gasteiger partial charge in [-0.2, -0.15) is 0 Å². The van der Waals surface area contributed by atoms with Gasteiger partial charge in [0.15, 0.2) is 0 Å². The monoisotopic (exact) mass is 965 g/mol. The number of esters is 1. The van der Waals surface area contributed by atoms with E-state index in [2.05, 4.69) is 67.3 Å². The number of piperidine rings is 1. The largest absolute Gasteiger partial charge is 0.481 e. The molecule has 2 amide bonds. The fraction of sp³-hybridized carbons (Fsp3) is 0.783. The number of carboxylic acids is 2. The zero-order valence-electron chi connectivity index (χ0n) is 44.8. The third-order valence-corrected chi connectivity index (χ3v) is 24.5. The molecule has 10 heteroatoms. The second-order valence-corrected chi connectivity index (χ2v) is 27.4. The number of rotatable bonds is 11. The highest BCUT2D eigenvalue weighted by Gasteiger charge is 2.81. The van der Waals surface area contributed by atoms with Crippen LogP contribution in [0.4, 0.5) is 0 Å². The lowest BCUT2D eigenvalue weighted by Gasteiger charge is -2.75. The normalized spacial score (nSPS) is 43.3. The summed E-state index contributed by atoms with van der Waals surface area (Å²) >= 11 is 0.